The average molecular weight is 278 g/mol. The number of aromatic hydroxyl groups is 2. The zero-order chi connectivity index (χ0) is 14.5. The predicted octanol–water partition coefficient (Wildman–Crippen LogP) is 2.75. The van der Waals surface area contributed by atoms with Crippen LogP contribution in [0, 0.1) is 0 Å². The van der Waals surface area contributed by atoms with Gasteiger partial charge in [-0.2, -0.15) is 0 Å². The third-order valence-corrected chi connectivity index (χ3v) is 4.42. The van der Waals surface area contributed by atoms with Crippen molar-refractivity contribution in [1.82, 2.24) is 4.90 Å². The van der Waals surface area contributed by atoms with Crippen molar-refractivity contribution >= 4 is 0 Å². The number of nitrogens with zero attached hydrogens (tertiary/aromatic N) is 1. The lowest BCUT2D eigenvalue weighted by Crippen LogP contribution is -2.42. The van der Waals surface area contributed by atoms with Gasteiger partial charge in [0.25, 0.3) is 0 Å². The molecule has 20 heavy (non-hydrogen) atoms. The molecule has 0 saturated heterocycles. The van der Waals surface area contributed by atoms with Crippen LogP contribution in [0.4, 0.5) is 0 Å². The van der Waals surface area contributed by atoms with Gasteiger partial charge in [0.1, 0.15) is 0 Å². The van der Waals surface area contributed by atoms with Gasteiger partial charge in [-0.15, -0.1) is 0 Å². The lowest BCUT2D eigenvalue weighted by atomic mass is 9.92. The minimum absolute atomic E-state index is 0.0688. The standard InChI is InChI=1S/C16H26N2O2/c1-2-18(13-6-4-3-5-7-13)14(11-17)12-8-9-15(19)16(20)10-12/h8-10,13-14,19-20H,2-7,11,17H2,1H3. The summed E-state index contributed by atoms with van der Waals surface area (Å²) >= 11 is 0. The van der Waals surface area contributed by atoms with Crippen LogP contribution in [-0.2, 0) is 0 Å². The average Bonchev–Trinajstić information content (AvgIpc) is 2.48. The molecule has 0 spiro atoms. The molecule has 1 aromatic rings. The van der Waals surface area contributed by atoms with Crippen LogP contribution in [-0.4, -0.2) is 34.2 Å². The topological polar surface area (TPSA) is 69.7 Å². The van der Waals surface area contributed by atoms with Crippen LogP contribution in [0.5, 0.6) is 11.5 Å². The first-order valence-electron chi connectivity index (χ1n) is 7.65. The molecule has 0 amide bonds. The molecule has 1 saturated carbocycles. The summed E-state index contributed by atoms with van der Waals surface area (Å²) in [4.78, 5) is 2.45. The van der Waals surface area contributed by atoms with Gasteiger partial charge in [-0.25, -0.2) is 0 Å². The van der Waals surface area contributed by atoms with E-state index in [2.05, 4.69) is 11.8 Å². The highest BCUT2D eigenvalue weighted by Gasteiger charge is 2.27. The zero-order valence-electron chi connectivity index (χ0n) is 12.3. The van der Waals surface area contributed by atoms with E-state index in [1.807, 2.05) is 6.07 Å². The lowest BCUT2D eigenvalue weighted by Gasteiger charge is -2.39. The lowest BCUT2D eigenvalue weighted by molar-refractivity contribution is 0.113. The Morgan fingerprint density at radius 2 is 1.90 bits per heavy atom. The first-order valence-corrected chi connectivity index (χ1v) is 7.65. The summed E-state index contributed by atoms with van der Waals surface area (Å²) in [6.07, 6.45) is 6.38. The highest BCUT2D eigenvalue weighted by molar-refractivity contribution is 5.41. The van der Waals surface area contributed by atoms with Crippen molar-refractivity contribution < 1.29 is 10.2 Å². The van der Waals surface area contributed by atoms with E-state index in [1.54, 1.807) is 12.1 Å². The first kappa shape index (κ1) is 15.1. The number of benzene rings is 1. The fraction of sp³-hybridized carbons (Fsp3) is 0.625. The predicted molar refractivity (Wildman–Crippen MR) is 80.8 cm³/mol. The Kier molecular flexibility index (Phi) is 5.26. The van der Waals surface area contributed by atoms with Crippen LogP contribution in [0.2, 0.25) is 0 Å². The van der Waals surface area contributed by atoms with Crippen molar-refractivity contribution in [3.05, 3.63) is 23.8 Å². The van der Waals surface area contributed by atoms with Gasteiger partial charge >= 0.3 is 0 Å². The highest BCUT2D eigenvalue weighted by Crippen LogP contribution is 2.33. The van der Waals surface area contributed by atoms with Crippen LogP contribution < -0.4 is 5.73 Å². The van der Waals surface area contributed by atoms with E-state index in [0.717, 1.165) is 12.1 Å². The Morgan fingerprint density at radius 1 is 1.20 bits per heavy atom. The number of hydrogen-bond acceptors (Lipinski definition) is 4. The second kappa shape index (κ2) is 6.95. The minimum Gasteiger partial charge on any atom is -0.504 e. The Bertz CT molecular complexity index is 430. The van der Waals surface area contributed by atoms with Gasteiger partial charge in [0.05, 0.1) is 0 Å². The second-order valence-corrected chi connectivity index (χ2v) is 5.62. The third kappa shape index (κ3) is 3.25. The second-order valence-electron chi connectivity index (χ2n) is 5.62. The fourth-order valence-corrected chi connectivity index (χ4v) is 3.36. The van der Waals surface area contributed by atoms with E-state index in [1.165, 1.54) is 32.1 Å². The van der Waals surface area contributed by atoms with Crippen LogP contribution >= 0.6 is 0 Å². The summed E-state index contributed by atoms with van der Waals surface area (Å²) in [6.45, 7) is 3.64. The van der Waals surface area contributed by atoms with E-state index < -0.39 is 0 Å². The minimum atomic E-state index is -0.0785. The smallest absolute Gasteiger partial charge is 0.157 e. The maximum absolute atomic E-state index is 9.70. The number of phenolic OH excluding ortho intramolecular Hbond substituents is 2. The van der Waals surface area contributed by atoms with Crippen molar-refractivity contribution in [3.8, 4) is 11.5 Å². The summed E-state index contributed by atoms with van der Waals surface area (Å²) in [6, 6.07) is 5.73. The summed E-state index contributed by atoms with van der Waals surface area (Å²) in [5.74, 6) is -0.147. The molecule has 0 aromatic heterocycles. The summed E-state index contributed by atoms with van der Waals surface area (Å²) in [5.41, 5.74) is 6.97. The fourth-order valence-electron chi connectivity index (χ4n) is 3.36. The first-order chi connectivity index (χ1) is 9.67. The van der Waals surface area contributed by atoms with Crippen LogP contribution in [0.15, 0.2) is 18.2 Å². The summed E-state index contributed by atoms with van der Waals surface area (Å²) in [5, 5.41) is 19.1. The Labute approximate surface area is 121 Å². The molecule has 1 fully saturated rings. The van der Waals surface area contributed by atoms with E-state index in [9.17, 15) is 10.2 Å². The Hall–Kier alpha value is -1.26. The van der Waals surface area contributed by atoms with Gasteiger partial charge in [-0.3, -0.25) is 4.90 Å². The number of phenols is 2. The van der Waals surface area contributed by atoms with E-state index >= 15 is 0 Å². The summed E-state index contributed by atoms with van der Waals surface area (Å²) < 4.78 is 0. The Morgan fingerprint density at radius 3 is 2.45 bits per heavy atom. The molecule has 1 unspecified atom stereocenters. The number of nitrogens with two attached hydrogens (primary N) is 1. The molecule has 4 nitrogen and oxygen atoms in total. The Balaban J connectivity index is 2.21. The van der Waals surface area contributed by atoms with Crippen molar-refractivity contribution in [1.29, 1.82) is 0 Å². The molecule has 0 heterocycles. The number of likely N-dealkylation sites (N-methyl/N-ethyl adjacent to an activating group) is 1. The molecule has 1 aromatic carbocycles. The van der Waals surface area contributed by atoms with E-state index in [4.69, 9.17) is 5.73 Å². The number of rotatable bonds is 5. The van der Waals surface area contributed by atoms with E-state index in [-0.39, 0.29) is 17.5 Å². The van der Waals surface area contributed by atoms with E-state index in [0.29, 0.717) is 12.6 Å². The maximum Gasteiger partial charge on any atom is 0.157 e. The SMILES string of the molecule is CCN(C1CCCCC1)C(CN)c1ccc(O)c(O)c1. The van der Waals surface area contributed by atoms with Crippen LogP contribution in [0.1, 0.15) is 50.6 Å². The quantitative estimate of drug-likeness (QED) is 0.724. The van der Waals surface area contributed by atoms with Crippen molar-refractivity contribution in [2.24, 2.45) is 5.73 Å². The van der Waals surface area contributed by atoms with Crippen molar-refractivity contribution in [3.63, 3.8) is 0 Å². The highest BCUT2D eigenvalue weighted by atomic mass is 16.3. The molecule has 0 radical (unpaired) electrons. The molecule has 0 aliphatic heterocycles. The molecule has 1 aliphatic rings. The molecular weight excluding hydrogens is 252 g/mol. The molecular formula is C16H26N2O2. The molecule has 112 valence electrons. The van der Waals surface area contributed by atoms with Gasteiger partial charge in [-0.05, 0) is 37.1 Å². The normalized spacial score (nSPS) is 18.4. The largest absolute Gasteiger partial charge is 0.504 e. The van der Waals surface area contributed by atoms with Gasteiger partial charge < -0.3 is 15.9 Å². The maximum atomic E-state index is 9.70. The summed E-state index contributed by atoms with van der Waals surface area (Å²) in [7, 11) is 0. The van der Waals surface area contributed by atoms with Crippen LogP contribution in [0.25, 0.3) is 0 Å². The number of hydrogen-bond donors (Lipinski definition) is 3. The zero-order valence-corrected chi connectivity index (χ0v) is 12.3. The van der Waals surface area contributed by atoms with Gasteiger partial charge in [0.2, 0.25) is 0 Å². The molecule has 0 bridgehead atoms. The molecule has 4 N–H and O–H groups in total. The van der Waals surface area contributed by atoms with Crippen molar-refractivity contribution in [2.75, 3.05) is 13.1 Å². The molecule has 4 heteroatoms. The van der Waals surface area contributed by atoms with Gasteiger partial charge in [0, 0.05) is 18.6 Å². The molecule has 1 aliphatic carbocycles. The monoisotopic (exact) mass is 278 g/mol. The van der Waals surface area contributed by atoms with Gasteiger partial charge in [-0.1, -0.05) is 32.3 Å². The third-order valence-electron chi connectivity index (χ3n) is 4.42. The van der Waals surface area contributed by atoms with Crippen LogP contribution in [0.3, 0.4) is 0 Å². The molecule has 1 atom stereocenters. The van der Waals surface area contributed by atoms with Gasteiger partial charge in [0.15, 0.2) is 11.5 Å². The van der Waals surface area contributed by atoms with Crippen molar-refractivity contribution in [2.45, 2.75) is 51.1 Å². The molecule has 2 rings (SSSR count).